The molecule has 1 heterocycles. The highest BCUT2D eigenvalue weighted by molar-refractivity contribution is 7.93. The Kier molecular flexibility index (Phi) is 10.1. The minimum atomic E-state index is -4.41. The number of aliphatic hydroxyl groups is 2. The fourth-order valence-corrected chi connectivity index (χ4v) is 6.89. The number of halogens is 2. The molecule has 1 aromatic heterocycles. The summed E-state index contributed by atoms with van der Waals surface area (Å²) in [5.74, 6) is -3.11. The molecular formula is C32H33F2N2O7S-. The summed E-state index contributed by atoms with van der Waals surface area (Å²) >= 11 is 0. The number of benzene rings is 3. The number of nitrogens with one attached hydrogen (secondary N) is 1. The average Bonchev–Trinajstić information content (AvgIpc) is 3.28. The van der Waals surface area contributed by atoms with Crippen LogP contribution in [-0.4, -0.2) is 46.5 Å². The van der Waals surface area contributed by atoms with Crippen LogP contribution in [0.2, 0.25) is 0 Å². The van der Waals surface area contributed by atoms with Crippen LogP contribution in [0.3, 0.4) is 0 Å². The van der Waals surface area contributed by atoms with Crippen LogP contribution in [0.4, 0.5) is 14.5 Å². The molecule has 4 rings (SSSR count). The molecule has 3 aromatic carbocycles. The van der Waals surface area contributed by atoms with Crippen molar-refractivity contribution in [3.63, 3.8) is 0 Å². The van der Waals surface area contributed by atoms with Gasteiger partial charge in [-0.25, -0.2) is 17.2 Å². The SMILES string of the molecule is CC(C)c1c(S(=O)(=O)Nc2cccc(O)c2)c(-c2ccc(F)cc2)c(-c2ccc(F)cc2)n1CC[C@@H](O)C[C@@H](O)CC(=O)[O-]. The summed E-state index contributed by atoms with van der Waals surface area (Å²) in [6.45, 7) is 3.58. The van der Waals surface area contributed by atoms with Crippen molar-refractivity contribution < 1.29 is 42.4 Å². The van der Waals surface area contributed by atoms with Gasteiger partial charge in [0.1, 0.15) is 22.3 Å². The maximum absolute atomic E-state index is 14.3. The Morgan fingerprint density at radius 1 is 0.932 bits per heavy atom. The first-order valence-electron chi connectivity index (χ1n) is 13.9. The number of nitrogens with zero attached hydrogens (tertiary/aromatic N) is 1. The molecule has 0 amide bonds. The van der Waals surface area contributed by atoms with Gasteiger partial charge < -0.3 is 29.8 Å². The lowest BCUT2D eigenvalue weighted by molar-refractivity contribution is -0.307. The predicted octanol–water partition coefficient (Wildman–Crippen LogP) is 4.37. The maximum atomic E-state index is 14.3. The minimum absolute atomic E-state index is 0.00493. The summed E-state index contributed by atoms with van der Waals surface area (Å²) in [5, 5.41) is 41.5. The summed E-state index contributed by atoms with van der Waals surface area (Å²) in [4.78, 5) is 10.7. The molecule has 0 aliphatic heterocycles. The number of hydrogen-bond donors (Lipinski definition) is 4. The molecule has 0 saturated heterocycles. The van der Waals surface area contributed by atoms with Gasteiger partial charge in [-0.05, 0) is 78.4 Å². The van der Waals surface area contributed by atoms with Crippen molar-refractivity contribution in [1.82, 2.24) is 4.57 Å². The van der Waals surface area contributed by atoms with Crippen molar-refractivity contribution in [2.24, 2.45) is 0 Å². The van der Waals surface area contributed by atoms with Crippen LogP contribution in [0.1, 0.15) is 44.7 Å². The van der Waals surface area contributed by atoms with Gasteiger partial charge in [0.15, 0.2) is 0 Å². The summed E-state index contributed by atoms with van der Waals surface area (Å²) in [7, 11) is -4.41. The predicted molar refractivity (Wildman–Crippen MR) is 159 cm³/mol. The second-order valence-corrected chi connectivity index (χ2v) is 12.4. The molecule has 4 aromatic rings. The van der Waals surface area contributed by atoms with E-state index in [4.69, 9.17) is 0 Å². The van der Waals surface area contributed by atoms with Crippen LogP contribution >= 0.6 is 0 Å². The fraction of sp³-hybridized carbons (Fsp3) is 0.281. The van der Waals surface area contributed by atoms with E-state index in [2.05, 4.69) is 4.72 Å². The van der Waals surface area contributed by atoms with E-state index in [0.717, 1.165) is 0 Å². The normalized spacial score (nSPS) is 13.2. The van der Waals surface area contributed by atoms with E-state index in [1.807, 2.05) is 0 Å². The number of phenolic OH excluding ortho intramolecular Hbond substituents is 1. The van der Waals surface area contributed by atoms with Gasteiger partial charge in [0.2, 0.25) is 0 Å². The zero-order valence-corrected chi connectivity index (χ0v) is 24.9. The van der Waals surface area contributed by atoms with Gasteiger partial charge in [-0.3, -0.25) is 4.72 Å². The molecule has 9 nitrogen and oxygen atoms in total. The third-order valence-electron chi connectivity index (χ3n) is 7.05. The first kappa shape index (κ1) is 32.6. The molecule has 44 heavy (non-hydrogen) atoms. The number of aromatic hydroxyl groups is 1. The molecule has 0 aliphatic rings. The molecule has 0 saturated carbocycles. The molecule has 0 bridgehead atoms. The lowest BCUT2D eigenvalue weighted by atomic mass is 10.00. The number of aromatic nitrogens is 1. The first-order chi connectivity index (χ1) is 20.8. The van der Waals surface area contributed by atoms with E-state index in [-0.39, 0.29) is 41.3 Å². The Morgan fingerprint density at radius 3 is 2.07 bits per heavy atom. The van der Waals surface area contributed by atoms with E-state index < -0.39 is 52.2 Å². The molecule has 234 valence electrons. The quantitative estimate of drug-likeness (QED) is 0.172. The molecule has 0 aliphatic carbocycles. The number of carbonyl (C=O) groups excluding carboxylic acids is 1. The number of aliphatic hydroxyl groups excluding tert-OH is 2. The monoisotopic (exact) mass is 627 g/mol. The van der Waals surface area contributed by atoms with Crippen LogP contribution in [0.5, 0.6) is 5.75 Å². The molecule has 0 spiro atoms. The van der Waals surface area contributed by atoms with Crippen LogP contribution in [0.25, 0.3) is 22.4 Å². The highest BCUT2D eigenvalue weighted by Gasteiger charge is 2.34. The fourth-order valence-electron chi connectivity index (χ4n) is 5.25. The van der Waals surface area contributed by atoms with E-state index in [0.29, 0.717) is 22.5 Å². The number of carbonyl (C=O) groups is 1. The third-order valence-corrected chi connectivity index (χ3v) is 8.51. The van der Waals surface area contributed by atoms with Crippen LogP contribution < -0.4 is 9.83 Å². The number of anilines is 1. The van der Waals surface area contributed by atoms with Crippen molar-refractivity contribution in [2.75, 3.05) is 4.72 Å². The van der Waals surface area contributed by atoms with Crippen molar-refractivity contribution in [3.05, 3.63) is 90.1 Å². The molecule has 4 N–H and O–H groups in total. The first-order valence-corrected chi connectivity index (χ1v) is 15.4. The van der Waals surface area contributed by atoms with E-state index >= 15 is 0 Å². The van der Waals surface area contributed by atoms with Crippen LogP contribution in [0, 0.1) is 11.6 Å². The number of phenols is 1. The van der Waals surface area contributed by atoms with Gasteiger partial charge in [0, 0.05) is 36.3 Å². The van der Waals surface area contributed by atoms with Crippen LogP contribution in [0.15, 0.2) is 77.7 Å². The summed E-state index contributed by atoms with van der Waals surface area (Å²) in [5.41, 5.74) is 1.79. The number of carboxylic acid groups (broad SMARTS) is 1. The minimum Gasteiger partial charge on any atom is -0.550 e. The Hall–Kier alpha value is -4.26. The smallest absolute Gasteiger partial charge is 0.264 e. The summed E-state index contributed by atoms with van der Waals surface area (Å²) in [6.07, 6.45) is -3.43. The van der Waals surface area contributed by atoms with E-state index in [1.54, 1.807) is 18.4 Å². The van der Waals surface area contributed by atoms with Gasteiger partial charge in [0.25, 0.3) is 10.0 Å². The highest BCUT2D eigenvalue weighted by atomic mass is 32.2. The third kappa shape index (κ3) is 7.62. The Morgan fingerprint density at radius 2 is 1.52 bits per heavy atom. The Balaban J connectivity index is 1.97. The number of aliphatic carboxylic acids is 1. The number of carboxylic acids is 1. The standard InChI is InChI=1S/C32H34F2N2O7S/c1-19(2)30-32(44(42,43)35-24-4-3-5-25(37)16-24)29(20-6-10-22(33)11-7-20)31(21-8-12-23(34)13-9-21)36(30)15-14-26(38)17-27(39)18-28(40)41/h3-13,16,19,26-27,35,37-39H,14-15,17-18H2,1-2H3,(H,40,41)/p-1/t26-,27-/m1/s1. The van der Waals surface area contributed by atoms with E-state index in [9.17, 15) is 42.4 Å². The lowest BCUT2D eigenvalue weighted by Gasteiger charge is -2.20. The molecular weight excluding hydrogens is 594 g/mol. The molecule has 0 radical (unpaired) electrons. The van der Waals surface area contributed by atoms with Crippen molar-refractivity contribution in [3.8, 4) is 28.1 Å². The maximum Gasteiger partial charge on any atom is 0.264 e. The topological polar surface area (TPSA) is 152 Å². The van der Waals surface area contributed by atoms with Gasteiger partial charge in [0.05, 0.1) is 23.6 Å². The van der Waals surface area contributed by atoms with E-state index in [1.165, 1.54) is 72.8 Å². The molecule has 0 fully saturated rings. The van der Waals surface area contributed by atoms with Crippen molar-refractivity contribution in [2.45, 2.75) is 62.7 Å². The molecule has 12 heteroatoms. The highest BCUT2D eigenvalue weighted by Crippen LogP contribution is 2.45. The largest absolute Gasteiger partial charge is 0.550 e. The molecule has 2 atom stereocenters. The van der Waals surface area contributed by atoms with Gasteiger partial charge in [-0.2, -0.15) is 0 Å². The molecule has 0 unspecified atom stereocenters. The summed E-state index contributed by atoms with van der Waals surface area (Å²) < 4.78 is 60.8. The van der Waals surface area contributed by atoms with Crippen molar-refractivity contribution in [1.29, 1.82) is 0 Å². The lowest BCUT2D eigenvalue weighted by Crippen LogP contribution is -2.29. The zero-order chi connectivity index (χ0) is 32.2. The number of rotatable bonds is 13. The summed E-state index contributed by atoms with van der Waals surface area (Å²) in [6, 6.07) is 16.2. The average molecular weight is 628 g/mol. The second kappa shape index (κ2) is 13.6. The zero-order valence-electron chi connectivity index (χ0n) is 24.1. The number of sulfonamides is 1. The van der Waals surface area contributed by atoms with Gasteiger partial charge in [-0.1, -0.05) is 32.0 Å². The van der Waals surface area contributed by atoms with Crippen LogP contribution in [-0.2, 0) is 21.4 Å². The van der Waals surface area contributed by atoms with Gasteiger partial charge >= 0.3 is 0 Å². The number of hydrogen-bond acceptors (Lipinski definition) is 7. The van der Waals surface area contributed by atoms with Crippen molar-refractivity contribution >= 4 is 21.7 Å². The second-order valence-electron chi connectivity index (χ2n) is 10.8. The van der Waals surface area contributed by atoms with Gasteiger partial charge in [-0.15, -0.1) is 0 Å². The Labute approximate surface area is 254 Å². The Bertz CT molecular complexity index is 1720.